The Morgan fingerprint density at radius 1 is 0.780 bits per heavy atom. The van der Waals surface area contributed by atoms with Crippen LogP contribution in [0, 0.1) is 0 Å². The molecule has 272 valence electrons. The second-order valence-corrected chi connectivity index (χ2v) is 25.2. The van der Waals surface area contributed by atoms with Crippen LogP contribution in [-0.2, 0) is 29.7 Å². The molecule has 1 fully saturated rings. The molecular weight excluding hydrogens is 661 g/mol. The quantitative estimate of drug-likeness (QED) is 0.159. The molecule has 0 radical (unpaired) electrons. The molecule has 0 aliphatic carbocycles. The SMILES string of the molecule is COc1ccc(CO[C@H]2[C@H](O[Si](C)(C)C(C)(C)C)[C@H]3O[C@@H](CO[Si](c4ccccc4)(c4ccccc4)C(C)(C)C)C=CC[C@@H]3O[C@@H]2CO)cc1. The predicted octanol–water partition coefficient (Wildman–Crippen LogP) is 7.02. The number of benzene rings is 3. The maximum atomic E-state index is 10.6. The van der Waals surface area contributed by atoms with Gasteiger partial charge in [-0.25, -0.2) is 0 Å². The van der Waals surface area contributed by atoms with Crippen LogP contribution >= 0.6 is 0 Å². The van der Waals surface area contributed by atoms with Crippen LogP contribution in [0.2, 0.25) is 23.2 Å². The van der Waals surface area contributed by atoms with Crippen LogP contribution in [0.25, 0.3) is 0 Å². The number of hydrogen-bond donors (Lipinski definition) is 1. The standard InChI is InChI=1S/C41H58O7Si2/c1-40(2,3)49(8,9)48-39-37(44-28-30-23-25-31(43-7)26-24-30)36(27-42)47-35-22-16-17-32(46-38(35)39)29-45-50(41(4,5)6,33-18-12-10-13-19-33)34-20-14-11-15-21-34/h10-21,23-26,32,35-39,42H,22,27-29H2,1-9H3/t32-,35+,36-,37-,38+,39+/m1/s1. The lowest BCUT2D eigenvalue weighted by molar-refractivity contribution is -0.254. The zero-order valence-electron chi connectivity index (χ0n) is 31.4. The third kappa shape index (κ3) is 8.37. The number of methoxy groups -OCH3 is 1. The molecule has 0 bridgehead atoms. The van der Waals surface area contributed by atoms with E-state index in [1.807, 2.05) is 24.3 Å². The normalized spacial score (nSPS) is 24.8. The first-order valence-electron chi connectivity index (χ1n) is 18.0. The Kier molecular flexibility index (Phi) is 12.3. The lowest BCUT2D eigenvalue weighted by Gasteiger charge is -2.50. The van der Waals surface area contributed by atoms with E-state index < -0.39 is 41.1 Å². The Morgan fingerprint density at radius 2 is 1.38 bits per heavy atom. The summed E-state index contributed by atoms with van der Waals surface area (Å²) < 4.78 is 40.3. The molecule has 2 aliphatic heterocycles. The minimum Gasteiger partial charge on any atom is -0.497 e. The molecular formula is C41H58O7Si2. The fraction of sp³-hybridized carbons (Fsp3) is 0.512. The molecule has 2 heterocycles. The average molecular weight is 719 g/mol. The smallest absolute Gasteiger partial charge is 0.261 e. The van der Waals surface area contributed by atoms with E-state index in [0.29, 0.717) is 19.6 Å². The van der Waals surface area contributed by atoms with Crippen molar-refractivity contribution in [2.24, 2.45) is 0 Å². The van der Waals surface area contributed by atoms with Gasteiger partial charge in [-0.15, -0.1) is 0 Å². The highest BCUT2D eigenvalue weighted by molar-refractivity contribution is 6.99. The summed E-state index contributed by atoms with van der Waals surface area (Å²) in [4.78, 5) is 0. The first kappa shape index (κ1) is 38.6. The van der Waals surface area contributed by atoms with Crippen molar-refractivity contribution in [1.29, 1.82) is 0 Å². The van der Waals surface area contributed by atoms with E-state index in [9.17, 15) is 5.11 Å². The number of ether oxygens (including phenoxy) is 4. The summed E-state index contributed by atoms with van der Waals surface area (Å²) in [5.41, 5.74) is 0.996. The monoisotopic (exact) mass is 718 g/mol. The van der Waals surface area contributed by atoms with Crippen LogP contribution in [-0.4, -0.2) is 78.7 Å². The molecule has 0 unspecified atom stereocenters. The van der Waals surface area contributed by atoms with Gasteiger partial charge in [-0.2, -0.15) is 0 Å². The number of aliphatic hydroxyl groups is 1. The first-order chi connectivity index (χ1) is 23.7. The van der Waals surface area contributed by atoms with Gasteiger partial charge in [0.1, 0.15) is 30.2 Å². The van der Waals surface area contributed by atoms with Gasteiger partial charge in [0.25, 0.3) is 8.32 Å². The highest BCUT2D eigenvalue weighted by Gasteiger charge is 2.54. The van der Waals surface area contributed by atoms with Crippen molar-refractivity contribution in [3.63, 3.8) is 0 Å². The summed E-state index contributed by atoms with van der Waals surface area (Å²) in [5.74, 6) is 0.788. The maximum absolute atomic E-state index is 10.6. The van der Waals surface area contributed by atoms with Crippen molar-refractivity contribution in [2.45, 2.75) is 114 Å². The third-order valence-corrected chi connectivity index (χ3v) is 20.2. The fourth-order valence-corrected chi connectivity index (χ4v) is 12.8. The van der Waals surface area contributed by atoms with E-state index in [4.69, 9.17) is 27.8 Å². The molecule has 0 amide bonds. The minimum atomic E-state index is -2.80. The van der Waals surface area contributed by atoms with Gasteiger partial charge >= 0.3 is 0 Å². The molecule has 2 aliphatic rings. The number of rotatable bonds is 12. The molecule has 1 saturated heterocycles. The number of fused-ring (bicyclic) bond motifs is 1. The lowest BCUT2D eigenvalue weighted by atomic mass is 9.93. The van der Waals surface area contributed by atoms with Crippen molar-refractivity contribution >= 4 is 27.0 Å². The Hall–Kier alpha value is -2.61. The van der Waals surface area contributed by atoms with Crippen molar-refractivity contribution in [1.82, 2.24) is 0 Å². The van der Waals surface area contributed by atoms with E-state index in [1.54, 1.807) is 7.11 Å². The van der Waals surface area contributed by atoms with Gasteiger partial charge in [0.05, 0.1) is 39.1 Å². The number of aliphatic hydroxyl groups excluding tert-OH is 1. The van der Waals surface area contributed by atoms with Gasteiger partial charge in [0.2, 0.25) is 0 Å². The zero-order chi connectivity index (χ0) is 36.2. The van der Waals surface area contributed by atoms with Gasteiger partial charge in [-0.05, 0) is 57.7 Å². The van der Waals surface area contributed by atoms with Gasteiger partial charge in [0, 0.05) is 0 Å². The van der Waals surface area contributed by atoms with E-state index >= 15 is 0 Å². The van der Waals surface area contributed by atoms with Gasteiger partial charge in [-0.1, -0.05) is 126 Å². The molecule has 7 nitrogen and oxygen atoms in total. The molecule has 0 spiro atoms. The van der Waals surface area contributed by atoms with Crippen LogP contribution in [0.1, 0.15) is 53.5 Å². The van der Waals surface area contributed by atoms with Gasteiger partial charge in [-0.3, -0.25) is 0 Å². The molecule has 9 heteroatoms. The Labute approximate surface area is 302 Å². The van der Waals surface area contributed by atoms with Crippen LogP contribution in [0.4, 0.5) is 0 Å². The van der Waals surface area contributed by atoms with E-state index in [2.05, 4.69) is 127 Å². The maximum Gasteiger partial charge on any atom is 0.261 e. The molecule has 0 aromatic heterocycles. The summed E-state index contributed by atoms with van der Waals surface area (Å²) in [6, 6.07) is 29.2. The first-order valence-corrected chi connectivity index (χ1v) is 22.8. The molecule has 0 saturated carbocycles. The molecule has 3 aromatic rings. The molecule has 3 aromatic carbocycles. The summed E-state index contributed by atoms with van der Waals surface area (Å²) in [6.07, 6.45) is 2.24. The van der Waals surface area contributed by atoms with E-state index in [-0.39, 0.29) is 28.9 Å². The third-order valence-electron chi connectivity index (χ3n) is 10.7. The van der Waals surface area contributed by atoms with Crippen molar-refractivity contribution in [3.8, 4) is 5.75 Å². The summed E-state index contributed by atoms with van der Waals surface area (Å²) in [5, 5.41) is 12.9. The fourth-order valence-electron chi connectivity index (χ4n) is 6.93. The van der Waals surface area contributed by atoms with Crippen molar-refractivity contribution < 1.29 is 32.9 Å². The van der Waals surface area contributed by atoms with Crippen molar-refractivity contribution in [2.75, 3.05) is 20.3 Å². The predicted molar refractivity (Wildman–Crippen MR) is 205 cm³/mol. The Morgan fingerprint density at radius 3 is 1.90 bits per heavy atom. The lowest BCUT2D eigenvalue weighted by Crippen LogP contribution is -2.67. The minimum absolute atomic E-state index is 0.0508. The summed E-state index contributed by atoms with van der Waals surface area (Å²) in [6.45, 7) is 18.6. The summed E-state index contributed by atoms with van der Waals surface area (Å²) >= 11 is 0. The van der Waals surface area contributed by atoms with Crippen LogP contribution in [0.5, 0.6) is 5.75 Å². The van der Waals surface area contributed by atoms with Crippen molar-refractivity contribution in [3.05, 3.63) is 103 Å². The van der Waals surface area contributed by atoms with Gasteiger partial charge in [0.15, 0.2) is 8.32 Å². The van der Waals surface area contributed by atoms with Crippen LogP contribution < -0.4 is 15.1 Å². The highest BCUT2D eigenvalue weighted by Crippen LogP contribution is 2.42. The van der Waals surface area contributed by atoms with Crippen LogP contribution in [0.3, 0.4) is 0 Å². The second kappa shape index (κ2) is 16.0. The van der Waals surface area contributed by atoms with Gasteiger partial charge < -0.3 is 32.9 Å². The molecule has 5 rings (SSSR count). The van der Waals surface area contributed by atoms with Crippen LogP contribution in [0.15, 0.2) is 97.1 Å². The molecule has 1 N–H and O–H groups in total. The zero-order valence-corrected chi connectivity index (χ0v) is 33.4. The van der Waals surface area contributed by atoms with E-state index in [0.717, 1.165) is 11.3 Å². The molecule has 50 heavy (non-hydrogen) atoms. The number of hydrogen-bond acceptors (Lipinski definition) is 7. The largest absolute Gasteiger partial charge is 0.497 e. The highest BCUT2D eigenvalue weighted by atomic mass is 28.4. The summed E-state index contributed by atoms with van der Waals surface area (Å²) in [7, 11) is -3.47. The van der Waals surface area contributed by atoms with E-state index in [1.165, 1.54) is 10.4 Å². The second-order valence-electron chi connectivity index (χ2n) is 16.1. The molecule has 6 atom stereocenters. The topological polar surface area (TPSA) is 75.6 Å². The average Bonchev–Trinajstić information content (AvgIpc) is 3.30. The Balaban J connectivity index is 1.47. The Bertz CT molecular complexity index is 1480.